The molecule has 0 atom stereocenters. The zero-order chi connectivity index (χ0) is 12.8. The van der Waals surface area contributed by atoms with Crippen molar-refractivity contribution in [3.63, 3.8) is 0 Å². The molecule has 0 saturated carbocycles. The van der Waals surface area contributed by atoms with E-state index in [1.165, 1.54) is 24.3 Å². The highest BCUT2D eigenvalue weighted by atomic mass is 16.5. The van der Waals surface area contributed by atoms with Gasteiger partial charge in [-0.3, -0.25) is 0 Å². The SMILES string of the molecule is C=C(C)C(=O)Oc1ccc(OCC(=O)O)cc1. The van der Waals surface area contributed by atoms with Crippen LogP contribution in [0.3, 0.4) is 0 Å². The number of carboxylic acid groups (broad SMARTS) is 1. The number of carbonyl (C=O) groups excluding carboxylic acids is 1. The smallest absolute Gasteiger partial charge is 0.341 e. The van der Waals surface area contributed by atoms with E-state index < -0.39 is 18.5 Å². The molecular weight excluding hydrogens is 224 g/mol. The van der Waals surface area contributed by atoms with E-state index in [4.69, 9.17) is 14.6 Å². The minimum Gasteiger partial charge on any atom is -0.482 e. The van der Waals surface area contributed by atoms with Gasteiger partial charge in [-0.1, -0.05) is 6.58 Å². The summed E-state index contributed by atoms with van der Waals surface area (Å²) in [4.78, 5) is 21.4. The van der Waals surface area contributed by atoms with Crippen molar-refractivity contribution in [2.45, 2.75) is 6.92 Å². The fourth-order valence-corrected chi connectivity index (χ4v) is 0.943. The maximum Gasteiger partial charge on any atom is 0.341 e. The first-order valence-corrected chi connectivity index (χ1v) is 4.81. The molecule has 0 radical (unpaired) electrons. The first-order chi connectivity index (χ1) is 7.99. The summed E-state index contributed by atoms with van der Waals surface area (Å²) in [6.07, 6.45) is 0. The van der Waals surface area contributed by atoms with Crippen molar-refractivity contribution in [2.75, 3.05) is 6.61 Å². The van der Waals surface area contributed by atoms with Crippen LogP contribution < -0.4 is 9.47 Å². The second kappa shape index (κ2) is 5.69. The number of carboxylic acids is 1. The Morgan fingerprint density at radius 2 is 1.76 bits per heavy atom. The van der Waals surface area contributed by atoms with Crippen LogP contribution in [0, 0.1) is 0 Å². The number of rotatable bonds is 5. The molecule has 1 N–H and O–H groups in total. The van der Waals surface area contributed by atoms with Crippen molar-refractivity contribution < 1.29 is 24.2 Å². The van der Waals surface area contributed by atoms with Gasteiger partial charge in [-0.05, 0) is 31.2 Å². The molecule has 5 nitrogen and oxygen atoms in total. The van der Waals surface area contributed by atoms with Crippen molar-refractivity contribution in [3.8, 4) is 11.5 Å². The summed E-state index contributed by atoms with van der Waals surface area (Å²) in [5, 5.41) is 8.41. The molecule has 17 heavy (non-hydrogen) atoms. The summed E-state index contributed by atoms with van der Waals surface area (Å²) >= 11 is 0. The molecule has 1 aromatic carbocycles. The number of aliphatic carboxylic acids is 1. The predicted octanol–water partition coefficient (Wildman–Crippen LogP) is 1.63. The van der Waals surface area contributed by atoms with Gasteiger partial charge in [0.05, 0.1) is 0 Å². The molecule has 0 aliphatic heterocycles. The van der Waals surface area contributed by atoms with Gasteiger partial charge in [-0.15, -0.1) is 0 Å². The van der Waals surface area contributed by atoms with Gasteiger partial charge in [0, 0.05) is 5.57 Å². The predicted molar refractivity (Wildman–Crippen MR) is 60.0 cm³/mol. The van der Waals surface area contributed by atoms with Gasteiger partial charge < -0.3 is 14.6 Å². The van der Waals surface area contributed by atoms with Crippen LogP contribution >= 0.6 is 0 Å². The van der Waals surface area contributed by atoms with Crippen LogP contribution in [-0.2, 0) is 9.59 Å². The fourth-order valence-electron chi connectivity index (χ4n) is 0.943. The van der Waals surface area contributed by atoms with E-state index >= 15 is 0 Å². The van der Waals surface area contributed by atoms with E-state index in [1.54, 1.807) is 6.92 Å². The van der Waals surface area contributed by atoms with Crippen molar-refractivity contribution in [3.05, 3.63) is 36.4 Å². The summed E-state index contributed by atoms with van der Waals surface area (Å²) in [6, 6.07) is 6.06. The lowest BCUT2D eigenvalue weighted by atomic mass is 10.3. The molecule has 90 valence electrons. The Morgan fingerprint density at radius 1 is 1.24 bits per heavy atom. The quantitative estimate of drug-likeness (QED) is 0.478. The molecule has 0 aliphatic carbocycles. The van der Waals surface area contributed by atoms with Crippen molar-refractivity contribution >= 4 is 11.9 Å². The van der Waals surface area contributed by atoms with Gasteiger partial charge >= 0.3 is 11.9 Å². The first kappa shape index (κ1) is 12.8. The summed E-state index contributed by atoms with van der Waals surface area (Å²) in [5.41, 5.74) is 0.302. The van der Waals surface area contributed by atoms with E-state index in [0.29, 0.717) is 17.1 Å². The third-order valence-corrected chi connectivity index (χ3v) is 1.75. The molecule has 0 aromatic heterocycles. The third kappa shape index (κ3) is 4.38. The number of benzene rings is 1. The standard InChI is InChI=1S/C12H12O5/c1-8(2)12(15)17-10-5-3-9(4-6-10)16-7-11(13)14/h3-6H,1,7H2,2H3,(H,13,14). The Hall–Kier alpha value is -2.30. The second-order valence-electron chi connectivity index (χ2n) is 3.32. The van der Waals surface area contributed by atoms with Gasteiger partial charge in [0.1, 0.15) is 11.5 Å². The highest BCUT2D eigenvalue weighted by Gasteiger charge is 2.05. The van der Waals surface area contributed by atoms with Crippen LogP contribution in [0.4, 0.5) is 0 Å². The van der Waals surface area contributed by atoms with Gasteiger partial charge in [-0.25, -0.2) is 9.59 Å². The summed E-state index contributed by atoms with van der Waals surface area (Å²) < 4.78 is 9.86. The van der Waals surface area contributed by atoms with Crippen LogP contribution in [0.5, 0.6) is 11.5 Å². The van der Waals surface area contributed by atoms with Crippen molar-refractivity contribution in [1.29, 1.82) is 0 Å². The van der Waals surface area contributed by atoms with Crippen LogP contribution in [-0.4, -0.2) is 23.7 Å². The lowest BCUT2D eigenvalue weighted by Gasteiger charge is -2.05. The number of hydrogen-bond acceptors (Lipinski definition) is 4. The van der Waals surface area contributed by atoms with E-state index in [1.807, 2.05) is 0 Å². The number of esters is 1. The molecular formula is C12H12O5. The van der Waals surface area contributed by atoms with Gasteiger partial charge in [0.25, 0.3) is 0 Å². The van der Waals surface area contributed by atoms with Crippen LogP contribution in [0.1, 0.15) is 6.92 Å². The highest BCUT2D eigenvalue weighted by molar-refractivity contribution is 5.88. The Labute approximate surface area is 98.3 Å². The van der Waals surface area contributed by atoms with Crippen LogP contribution in [0.25, 0.3) is 0 Å². The maximum atomic E-state index is 11.2. The fraction of sp³-hybridized carbons (Fsp3) is 0.167. The van der Waals surface area contributed by atoms with Gasteiger partial charge in [0.2, 0.25) is 0 Å². The van der Waals surface area contributed by atoms with E-state index in [-0.39, 0.29) is 0 Å². The molecule has 1 aromatic rings. The molecule has 0 unspecified atom stereocenters. The van der Waals surface area contributed by atoms with Crippen molar-refractivity contribution in [2.24, 2.45) is 0 Å². The lowest BCUT2D eigenvalue weighted by molar-refractivity contribution is -0.139. The molecule has 1 rings (SSSR count). The second-order valence-corrected chi connectivity index (χ2v) is 3.32. The minimum atomic E-state index is -1.05. The molecule has 0 amide bonds. The maximum absolute atomic E-state index is 11.2. The molecule has 0 spiro atoms. The Balaban J connectivity index is 2.58. The zero-order valence-electron chi connectivity index (χ0n) is 9.30. The normalized spacial score (nSPS) is 9.47. The number of ether oxygens (including phenoxy) is 2. The Bertz CT molecular complexity index is 433. The van der Waals surface area contributed by atoms with Crippen LogP contribution in [0.2, 0.25) is 0 Å². The molecule has 0 fully saturated rings. The number of carbonyl (C=O) groups is 2. The van der Waals surface area contributed by atoms with E-state index in [0.717, 1.165) is 0 Å². The van der Waals surface area contributed by atoms with E-state index in [2.05, 4.69) is 6.58 Å². The van der Waals surface area contributed by atoms with E-state index in [9.17, 15) is 9.59 Å². The topological polar surface area (TPSA) is 72.8 Å². The largest absolute Gasteiger partial charge is 0.482 e. The third-order valence-electron chi connectivity index (χ3n) is 1.75. The van der Waals surface area contributed by atoms with Crippen molar-refractivity contribution in [1.82, 2.24) is 0 Å². The minimum absolute atomic E-state index is 0.302. The lowest BCUT2D eigenvalue weighted by Crippen LogP contribution is -2.10. The average Bonchev–Trinajstić information content (AvgIpc) is 2.28. The molecule has 0 saturated heterocycles. The molecule has 0 aliphatic rings. The Kier molecular flexibility index (Phi) is 4.28. The van der Waals surface area contributed by atoms with Gasteiger partial charge in [-0.2, -0.15) is 0 Å². The molecule has 0 heterocycles. The summed E-state index contributed by atoms with van der Waals surface area (Å²) in [6.45, 7) is 4.59. The Morgan fingerprint density at radius 3 is 2.24 bits per heavy atom. The molecule has 5 heteroatoms. The molecule has 0 bridgehead atoms. The first-order valence-electron chi connectivity index (χ1n) is 4.81. The summed E-state index contributed by atoms with van der Waals surface area (Å²) in [5.74, 6) is -0.824. The zero-order valence-corrected chi connectivity index (χ0v) is 9.30. The highest BCUT2D eigenvalue weighted by Crippen LogP contribution is 2.18. The average molecular weight is 236 g/mol. The monoisotopic (exact) mass is 236 g/mol. The number of hydrogen-bond donors (Lipinski definition) is 1. The summed E-state index contributed by atoms with van der Waals surface area (Å²) in [7, 11) is 0. The van der Waals surface area contributed by atoms with Gasteiger partial charge in [0.15, 0.2) is 6.61 Å². The van der Waals surface area contributed by atoms with Crippen LogP contribution in [0.15, 0.2) is 36.4 Å².